The van der Waals surface area contributed by atoms with Crippen molar-refractivity contribution in [3.05, 3.63) is 35.5 Å². The highest BCUT2D eigenvalue weighted by Gasteiger charge is 2.43. The first-order valence-electron chi connectivity index (χ1n) is 11.5. The Balaban J connectivity index is 1.32. The summed E-state index contributed by atoms with van der Waals surface area (Å²) in [7, 11) is 0. The molecule has 1 aliphatic heterocycles. The minimum absolute atomic E-state index is 0.0795. The second kappa shape index (κ2) is 8.61. The van der Waals surface area contributed by atoms with Gasteiger partial charge in [-0.1, -0.05) is 0 Å². The molecule has 2 fully saturated rings. The van der Waals surface area contributed by atoms with Crippen LogP contribution >= 0.6 is 11.3 Å². The van der Waals surface area contributed by atoms with Crippen LogP contribution in [0.25, 0.3) is 21.3 Å². The summed E-state index contributed by atoms with van der Waals surface area (Å²) in [6.45, 7) is 6.90. The number of anilines is 1. The molecule has 3 aromatic heterocycles. The number of fused-ring (bicyclic) bond motifs is 2. The topological polar surface area (TPSA) is 80.2 Å². The minimum atomic E-state index is -4.52. The number of nitrogens with one attached hydrogen (secondary N) is 1. The van der Waals surface area contributed by atoms with E-state index >= 15 is 0 Å². The third kappa shape index (κ3) is 4.78. The summed E-state index contributed by atoms with van der Waals surface area (Å²) >= 11 is 1.33. The average molecular weight is 506 g/mol. The number of aromatic nitrogens is 3. The fourth-order valence-corrected chi connectivity index (χ4v) is 5.97. The van der Waals surface area contributed by atoms with Crippen LogP contribution in [0.4, 0.5) is 23.8 Å². The van der Waals surface area contributed by atoms with Gasteiger partial charge in [-0.05, 0) is 63.0 Å². The van der Waals surface area contributed by atoms with E-state index in [1.807, 2.05) is 32.2 Å². The highest BCUT2D eigenvalue weighted by molar-refractivity contribution is 7.17. The van der Waals surface area contributed by atoms with Gasteiger partial charge in [-0.15, -0.1) is 21.5 Å². The number of amides is 1. The molecule has 0 radical (unpaired) electrons. The van der Waals surface area contributed by atoms with Crippen LogP contribution in [-0.4, -0.2) is 50.9 Å². The van der Waals surface area contributed by atoms with Gasteiger partial charge in [0.1, 0.15) is 11.3 Å². The Morgan fingerprint density at radius 2 is 1.86 bits per heavy atom. The smallest absolute Gasteiger partial charge is 0.417 e. The number of carbonyl (C=O) groups excluding carboxylic acids is 1. The molecule has 2 aliphatic rings. The first-order valence-corrected chi connectivity index (χ1v) is 12.4. The van der Waals surface area contributed by atoms with Crippen LogP contribution in [0.1, 0.15) is 39.2 Å². The van der Waals surface area contributed by atoms with E-state index in [0.29, 0.717) is 35.4 Å². The average Bonchev–Trinajstić information content (AvgIpc) is 3.47. The number of thiophene rings is 1. The molecule has 0 unspecified atom stereocenters. The number of halogens is 3. The fraction of sp³-hybridized carbons (Fsp3) is 0.500. The van der Waals surface area contributed by atoms with Crippen molar-refractivity contribution in [2.24, 2.45) is 11.8 Å². The fourth-order valence-electron chi connectivity index (χ4n) is 5.08. The maximum absolute atomic E-state index is 13.6. The molecule has 186 valence electrons. The quantitative estimate of drug-likeness (QED) is 0.483. The van der Waals surface area contributed by atoms with Gasteiger partial charge in [0, 0.05) is 42.5 Å². The van der Waals surface area contributed by atoms with E-state index in [1.54, 1.807) is 4.90 Å². The maximum atomic E-state index is 13.6. The number of rotatable bonds is 3. The van der Waals surface area contributed by atoms with Crippen LogP contribution in [0.3, 0.4) is 0 Å². The van der Waals surface area contributed by atoms with Crippen molar-refractivity contribution in [1.82, 2.24) is 20.1 Å². The molecular weight excluding hydrogens is 479 g/mol. The second-order valence-electron chi connectivity index (χ2n) is 10.2. The molecule has 1 amide bonds. The van der Waals surface area contributed by atoms with E-state index in [-0.39, 0.29) is 23.4 Å². The van der Waals surface area contributed by atoms with Crippen LogP contribution in [0, 0.1) is 11.8 Å². The van der Waals surface area contributed by atoms with Crippen LogP contribution in [0.5, 0.6) is 0 Å². The van der Waals surface area contributed by atoms with E-state index < -0.39 is 17.3 Å². The molecule has 0 bridgehead atoms. The Kier molecular flexibility index (Phi) is 5.85. The van der Waals surface area contributed by atoms with E-state index in [4.69, 9.17) is 4.74 Å². The van der Waals surface area contributed by atoms with Crippen molar-refractivity contribution in [1.29, 1.82) is 0 Å². The maximum Gasteiger partial charge on any atom is 0.417 e. The van der Waals surface area contributed by atoms with E-state index in [9.17, 15) is 18.0 Å². The van der Waals surface area contributed by atoms with Gasteiger partial charge in [0.15, 0.2) is 5.82 Å². The molecule has 11 heteroatoms. The molecule has 1 saturated heterocycles. The Labute approximate surface area is 204 Å². The number of nitrogens with zero attached hydrogens (tertiary/aromatic N) is 4. The molecule has 0 aromatic carbocycles. The lowest BCUT2D eigenvalue weighted by molar-refractivity contribution is -0.137. The zero-order valence-corrected chi connectivity index (χ0v) is 20.4. The van der Waals surface area contributed by atoms with Crippen molar-refractivity contribution in [3.8, 4) is 11.3 Å². The van der Waals surface area contributed by atoms with Crippen LogP contribution in [0.2, 0.25) is 0 Å². The number of pyridine rings is 1. The normalized spacial score (nSPS) is 22.5. The lowest BCUT2D eigenvalue weighted by Crippen LogP contribution is -2.36. The standard InChI is InChI=1S/C24H26F3N5O2S/c1-23(2,3)34-22(33)32-11-13-8-15(9-14(13)12-32)29-21-16-5-7-35-20(16)19(30-31-21)17-10-28-6-4-18(17)24(25,26)27/h4-7,10,13-15H,8-9,11-12H2,1-3H3,(H,29,31)/t13-,14+,15+. The number of hydrogen-bond acceptors (Lipinski definition) is 7. The molecule has 3 aromatic rings. The number of carbonyl (C=O) groups is 1. The third-order valence-electron chi connectivity index (χ3n) is 6.51. The van der Waals surface area contributed by atoms with Crippen LogP contribution in [-0.2, 0) is 10.9 Å². The number of hydrogen-bond donors (Lipinski definition) is 1. The predicted molar refractivity (Wildman–Crippen MR) is 127 cm³/mol. The number of ether oxygens (including phenoxy) is 1. The van der Waals surface area contributed by atoms with Crippen molar-refractivity contribution >= 4 is 33.3 Å². The first-order chi connectivity index (χ1) is 16.5. The largest absolute Gasteiger partial charge is 0.444 e. The summed E-state index contributed by atoms with van der Waals surface area (Å²) in [6.07, 6.45) is -0.725. The minimum Gasteiger partial charge on any atom is -0.444 e. The Hall–Kier alpha value is -2.95. The molecule has 3 atom stereocenters. The first kappa shape index (κ1) is 23.8. The van der Waals surface area contributed by atoms with Crippen molar-refractivity contribution < 1.29 is 22.7 Å². The van der Waals surface area contributed by atoms with E-state index in [2.05, 4.69) is 20.5 Å². The summed E-state index contributed by atoms with van der Waals surface area (Å²) in [5.74, 6) is 1.31. The third-order valence-corrected chi connectivity index (χ3v) is 7.43. The van der Waals surface area contributed by atoms with Gasteiger partial charge in [-0.2, -0.15) is 13.2 Å². The monoisotopic (exact) mass is 505 g/mol. The van der Waals surface area contributed by atoms with E-state index in [0.717, 1.165) is 30.5 Å². The molecule has 7 nitrogen and oxygen atoms in total. The van der Waals surface area contributed by atoms with Gasteiger partial charge >= 0.3 is 12.3 Å². The van der Waals surface area contributed by atoms with Crippen LogP contribution in [0.15, 0.2) is 29.9 Å². The van der Waals surface area contributed by atoms with Crippen molar-refractivity contribution in [3.63, 3.8) is 0 Å². The molecule has 35 heavy (non-hydrogen) atoms. The van der Waals surface area contributed by atoms with Crippen LogP contribution < -0.4 is 5.32 Å². The molecular formula is C24H26F3N5O2S. The molecule has 1 aliphatic carbocycles. The molecule has 4 heterocycles. The lowest BCUT2D eigenvalue weighted by atomic mass is 10.0. The summed E-state index contributed by atoms with van der Waals surface area (Å²) in [5.41, 5.74) is -1.21. The zero-order chi connectivity index (χ0) is 25.0. The van der Waals surface area contributed by atoms with Gasteiger partial charge < -0.3 is 15.0 Å². The van der Waals surface area contributed by atoms with Gasteiger partial charge in [-0.3, -0.25) is 4.98 Å². The number of alkyl halides is 3. The van der Waals surface area contributed by atoms with Crippen molar-refractivity contribution in [2.75, 3.05) is 18.4 Å². The second-order valence-corrected chi connectivity index (χ2v) is 11.1. The molecule has 5 rings (SSSR count). The molecule has 1 N–H and O–H groups in total. The lowest BCUT2D eigenvalue weighted by Gasteiger charge is -2.25. The van der Waals surface area contributed by atoms with Gasteiger partial charge in [0.2, 0.25) is 0 Å². The van der Waals surface area contributed by atoms with E-state index in [1.165, 1.54) is 17.5 Å². The summed E-state index contributed by atoms with van der Waals surface area (Å²) in [5, 5.41) is 14.5. The van der Waals surface area contributed by atoms with Crippen molar-refractivity contribution in [2.45, 2.75) is 51.4 Å². The highest BCUT2D eigenvalue weighted by Crippen LogP contribution is 2.42. The zero-order valence-electron chi connectivity index (χ0n) is 19.6. The van der Waals surface area contributed by atoms with Gasteiger partial charge in [0.25, 0.3) is 0 Å². The molecule has 0 spiro atoms. The Morgan fingerprint density at radius 1 is 1.14 bits per heavy atom. The summed E-state index contributed by atoms with van der Waals surface area (Å²) in [4.78, 5) is 18.1. The highest BCUT2D eigenvalue weighted by atomic mass is 32.1. The molecule has 1 saturated carbocycles. The Morgan fingerprint density at radius 3 is 2.51 bits per heavy atom. The van der Waals surface area contributed by atoms with Gasteiger partial charge in [0.05, 0.1) is 10.3 Å². The summed E-state index contributed by atoms with van der Waals surface area (Å²) < 4.78 is 46.8. The predicted octanol–water partition coefficient (Wildman–Crippen LogP) is 5.83. The van der Waals surface area contributed by atoms with Gasteiger partial charge in [-0.25, -0.2) is 4.79 Å². The SMILES string of the molecule is CC(C)(C)OC(=O)N1C[C@H]2C[C@H](Nc3nnc(-c4cnccc4C(F)(F)F)c4sccc34)C[C@H]2C1. The summed E-state index contributed by atoms with van der Waals surface area (Å²) in [6, 6.07) is 2.96. The Bertz CT molecular complexity index is 1240. The number of likely N-dealkylation sites (tertiary alicyclic amines) is 1.